The van der Waals surface area contributed by atoms with Gasteiger partial charge in [0.2, 0.25) is 0 Å². The molecule has 1 heterocycles. The molecule has 10 heteroatoms. The van der Waals surface area contributed by atoms with E-state index in [4.69, 9.17) is 14.2 Å². The molecule has 0 fully saturated rings. The highest BCUT2D eigenvalue weighted by Crippen LogP contribution is 2.37. The molecule has 0 saturated heterocycles. The molecule has 3 rings (SSSR count). The van der Waals surface area contributed by atoms with E-state index >= 15 is 0 Å². The van der Waals surface area contributed by atoms with Crippen LogP contribution in [-0.4, -0.2) is 36.6 Å². The largest absolute Gasteiger partial charge is 0.490 e. The molecule has 3 aromatic rings. The Hall–Kier alpha value is -3.92. The van der Waals surface area contributed by atoms with Gasteiger partial charge in [-0.2, -0.15) is 0 Å². The average molecular weight is 471 g/mol. The Labute approximate surface area is 194 Å². The molecular weight excluding hydrogens is 448 g/mol. The lowest BCUT2D eigenvalue weighted by Gasteiger charge is -2.12. The highest BCUT2D eigenvalue weighted by molar-refractivity contribution is 7.15. The van der Waals surface area contributed by atoms with E-state index < -0.39 is 16.8 Å². The lowest BCUT2D eigenvalue weighted by atomic mass is 10.0. The van der Waals surface area contributed by atoms with Gasteiger partial charge in [-0.15, -0.1) is 11.3 Å². The van der Waals surface area contributed by atoms with E-state index in [1.165, 1.54) is 18.2 Å². The molecule has 1 N–H and O–H groups in total. The molecule has 33 heavy (non-hydrogen) atoms. The normalized spacial score (nSPS) is 10.4. The summed E-state index contributed by atoms with van der Waals surface area (Å²) in [7, 11) is 0. The lowest BCUT2D eigenvalue weighted by Crippen LogP contribution is -2.21. The van der Waals surface area contributed by atoms with Crippen molar-refractivity contribution in [3.05, 3.63) is 69.6 Å². The van der Waals surface area contributed by atoms with Gasteiger partial charge in [0.15, 0.2) is 18.1 Å². The molecule has 9 nitrogen and oxygen atoms in total. The minimum atomic E-state index is -0.641. The summed E-state index contributed by atoms with van der Waals surface area (Å²) in [6.07, 6.45) is 0. The number of hydrogen-bond acceptors (Lipinski definition) is 8. The fourth-order valence-corrected chi connectivity index (χ4v) is 3.98. The predicted octanol–water partition coefficient (Wildman–Crippen LogP) is 4.92. The standard InChI is InChI=1S/C23H22N2O7S/c1-3-30-18-10-5-6-11-19(18)32-13-20(26)24-22-21(23(27)31-4-2)17(14-33-22)15-8-7-9-16(12-15)25(28)29/h5-12,14H,3-4,13H2,1-2H3,(H,24,26). The molecule has 0 aliphatic carbocycles. The molecule has 0 unspecified atom stereocenters. The van der Waals surface area contributed by atoms with E-state index in [0.29, 0.717) is 29.2 Å². The van der Waals surface area contributed by atoms with E-state index in [1.807, 2.05) is 6.92 Å². The van der Waals surface area contributed by atoms with Crippen LogP contribution in [0, 0.1) is 10.1 Å². The summed E-state index contributed by atoms with van der Waals surface area (Å²) in [6.45, 7) is 3.78. The number of hydrogen-bond donors (Lipinski definition) is 1. The second-order valence-electron chi connectivity index (χ2n) is 6.60. The second-order valence-corrected chi connectivity index (χ2v) is 7.48. The number of nitrogens with zero attached hydrogens (tertiary/aromatic N) is 1. The van der Waals surface area contributed by atoms with Crippen molar-refractivity contribution in [2.24, 2.45) is 0 Å². The molecule has 1 aromatic heterocycles. The van der Waals surface area contributed by atoms with Crippen molar-refractivity contribution in [2.45, 2.75) is 13.8 Å². The van der Waals surface area contributed by atoms with Crippen LogP contribution in [0.25, 0.3) is 11.1 Å². The van der Waals surface area contributed by atoms with E-state index in [2.05, 4.69) is 5.32 Å². The van der Waals surface area contributed by atoms with E-state index in [1.54, 1.807) is 42.6 Å². The quantitative estimate of drug-likeness (QED) is 0.254. The van der Waals surface area contributed by atoms with Crippen molar-refractivity contribution in [3.8, 4) is 22.6 Å². The molecule has 0 radical (unpaired) electrons. The molecule has 0 saturated carbocycles. The molecule has 0 spiro atoms. The maximum Gasteiger partial charge on any atom is 0.341 e. The second kappa shape index (κ2) is 11.1. The van der Waals surface area contributed by atoms with Crippen LogP contribution in [0.5, 0.6) is 11.5 Å². The Balaban J connectivity index is 1.83. The number of amides is 1. The summed E-state index contributed by atoms with van der Waals surface area (Å²) >= 11 is 1.12. The average Bonchev–Trinajstić information content (AvgIpc) is 3.22. The number of carbonyl (C=O) groups is 2. The molecular formula is C23H22N2O7S. The van der Waals surface area contributed by atoms with Crippen LogP contribution in [0.1, 0.15) is 24.2 Å². The number of benzene rings is 2. The number of ether oxygens (including phenoxy) is 3. The number of nitro benzene ring substituents is 1. The van der Waals surface area contributed by atoms with Gasteiger partial charge in [0.25, 0.3) is 11.6 Å². The van der Waals surface area contributed by atoms with Crippen LogP contribution >= 0.6 is 11.3 Å². The Kier molecular flexibility index (Phi) is 7.98. The van der Waals surface area contributed by atoms with Gasteiger partial charge < -0.3 is 19.5 Å². The summed E-state index contributed by atoms with van der Waals surface area (Å²) in [6, 6.07) is 12.9. The van der Waals surface area contributed by atoms with Crippen molar-refractivity contribution in [1.82, 2.24) is 0 Å². The van der Waals surface area contributed by atoms with Crippen molar-refractivity contribution in [1.29, 1.82) is 0 Å². The molecule has 172 valence electrons. The van der Waals surface area contributed by atoms with Gasteiger partial charge in [0.05, 0.1) is 18.1 Å². The third kappa shape index (κ3) is 5.86. The van der Waals surface area contributed by atoms with Gasteiger partial charge in [-0.05, 0) is 31.5 Å². The molecule has 0 aliphatic heterocycles. The molecule has 0 aliphatic rings. The van der Waals surface area contributed by atoms with E-state index in [9.17, 15) is 19.7 Å². The lowest BCUT2D eigenvalue weighted by molar-refractivity contribution is -0.384. The number of anilines is 1. The maximum absolute atomic E-state index is 12.7. The number of nitro groups is 1. The van der Waals surface area contributed by atoms with Gasteiger partial charge in [-0.1, -0.05) is 24.3 Å². The van der Waals surface area contributed by atoms with Crippen molar-refractivity contribution < 1.29 is 28.7 Å². The molecule has 0 atom stereocenters. The number of thiophene rings is 1. The Morgan fingerprint density at radius 1 is 1.03 bits per heavy atom. The topological polar surface area (TPSA) is 117 Å². The number of rotatable bonds is 10. The van der Waals surface area contributed by atoms with Gasteiger partial charge in [0.1, 0.15) is 10.6 Å². The molecule has 1 amide bonds. The number of esters is 1. The third-order valence-corrected chi connectivity index (χ3v) is 5.29. The van der Waals surface area contributed by atoms with Crippen LogP contribution in [0.4, 0.5) is 10.7 Å². The summed E-state index contributed by atoms with van der Waals surface area (Å²) < 4.78 is 16.2. The summed E-state index contributed by atoms with van der Waals surface area (Å²) in [5.74, 6) is -0.190. The van der Waals surface area contributed by atoms with Crippen LogP contribution in [-0.2, 0) is 9.53 Å². The molecule has 0 bridgehead atoms. The monoisotopic (exact) mass is 470 g/mol. The van der Waals surface area contributed by atoms with Gasteiger partial charge in [0, 0.05) is 23.1 Å². The van der Waals surface area contributed by atoms with Crippen LogP contribution < -0.4 is 14.8 Å². The summed E-state index contributed by atoms with van der Waals surface area (Å²) in [5, 5.41) is 15.7. The summed E-state index contributed by atoms with van der Waals surface area (Å²) in [4.78, 5) is 35.9. The van der Waals surface area contributed by atoms with Gasteiger partial charge in [-0.3, -0.25) is 14.9 Å². The van der Waals surface area contributed by atoms with Crippen LogP contribution in [0.2, 0.25) is 0 Å². The number of carbonyl (C=O) groups excluding carboxylic acids is 2. The van der Waals surface area contributed by atoms with E-state index in [-0.39, 0.29) is 29.5 Å². The summed E-state index contributed by atoms with van der Waals surface area (Å²) in [5.41, 5.74) is 0.914. The van der Waals surface area contributed by atoms with Crippen molar-refractivity contribution in [2.75, 3.05) is 25.1 Å². The first-order valence-corrected chi connectivity index (χ1v) is 11.0. The Morgan fingerprint density at radius 2 is 1.76 bits per heavy atom. The zero-order valence-corrected chi connectivity index (χ0v) is 18.8. The first-order valence-electron chi connectivity index (χ1n) is 10.1. The number of non-ortho nitro benzene ring substituents is 1. The first-order chi connectivity index (χ1) is 15.9. The Bertz CT molecular complexity index is 1160. The van der Waals surface area contributed by atoms with Crippen molar-refractivity contribution >= 4 is 33.9 Å². The van der Waals surface area contributed by atoms with E-state index in [0.717, 1.165) is 11.3 Å². The highest BCUT2D eigenvalue weighted by Gasteiger charge is 2.24. The van der Waals surface area contributed by atoms with Gasteiger partial charge in [-0.25, -0.2) is 4.79 Å². The van der Waals surface area contributed by atoms with Crippen LogP contribution in [0.3, 0.4) is 0 Å². The fraction of sp³-hybridized carbons (Fsp3) is 0.217. The fourth-order valence-electron chi connectivity index (χ4n) is 3.01. The SMILES string of the molecule is CCOC(=O)c1c(-c2cccc([N+](=O)[O-])c2)csc1NC(=O)COc1ccccc1OCC. The Morgan fingerprint density at radius 3 is 2.42 bits per heavy atom. The van der Waals surface area contributed by atoms with Crippen molar-refractivity contribution in [3.63, 3.8) is 0 Å². The maximum atomic E-state index is 12.7. The predicted molar refractivity (Wildman–Crippen MR) is 124 cm³/mol. The zero-order valence-electron chi connectivity index (χ0n) is 18.0. The number of para-hydroxylation sites is 2. The third-order valence-electron chi connectivity index (χ3n) is 4.40. The zero-order chi connectivity index (χ0) is 23.8. The smallest absolute Gasteiger partial charge is 0.341 e. The van der Waals surface area contributed by atoms with Crippen LogP contribution in [0.15, 0.2) is 53.9 Å². The minimum Gasteiger partial charge on any atom is -0.490 e. The highest BCUT2D eigenvalue weighted by atomic mass is 32.1. The first kappa shape index (κ1) is 23.7. The molecule has 2 aromatic carbocycles. The van der Waals surface area contributed by atoms with Gasteiger partial charge >= 0.3 is 5.97 Å². The number of nitrogens with one attached hydrogen (secondary N) is 1. The minimum absolute atomic E-state index is 0.111.